The molecule has 4 aromatic rings. The summed E-state index contributed by atoms with van der Waals surface area (Å²) in [6, 6.07) is 10.1. The number of aryl methyl sites for hydroxylation is 1. The molecule has 4 heterocycles. The molecule has 0 aliphatic rings. The van der Waals surface area contributed by atoms with E-state index in [2.05, 4.69) is 26.5 Å². The number of nitrogens with zero attached hydrogens (tertiary/aromatic N) is 4. The van der Waals surface area contributed by atoms with E-state index >= 15 is 0 Å². The van der Waals surface area contributed by atoms with E-state index < -0.39 is 0 Å². The Morgan fingerprint density at radius 2 is 2.09 bits per heavy atom. The molecule has 0 fully saturated rings. The van der Waals surface area contributed by atoms with E-state index in [0.717, 1.165) is 27.0 Å². The first-order valence-electron chi connectivity index (χ1n) is 6.79. The quantitative estimate of drug-likeness (QED) is 0.560. The van der Waals surface area contributed by atoms with Crippen molar-refractivity contribution in [3.63, 3.8) is 0 Å². The van der Waals surface area contributed by atoms with Gasteiger partial charge in [-0.25, -0.2) is 9.67 Å². The number of thiazole rings is 1. The van der Waals surface area contributed by atoms with Crippen LogP contribution >= 0.6 is 22.7 Å². The minimum atomic E-state index is 0.966. The van der Waals surface area contributed by atoms with Crippen LogP contribution < -0.4 is 0 Å². The van der Waals surface area contributed by atoms with Crippen LogP contribution in [0.1, 0.15) is 5.69 Å². The van der Waals surface area contributed by atoms with Gasteiger partial charge in [0.15, 0.2) is 0 Å². The summed E-state index contributed by atoms with van der Waals surface area (Å²) in [4.78, 5) is 9.98. The molecule has 4 rings (SSSR count). The van der Waals surface area contributed by atoms with Crippen LogP contribution in [0.4, 0.5) is 0 Å². The number of thiophene rings is 1. The zero-order valence-corrected chi connectivity index (χ0v) is 13.4. The second-order valence-corrected chi connectivity index (χ2v) is 6.70. The molecule has 0 bridgehead atoms. The molecule has 0 amide bonds. The Morgan fingerprint density at radius 1 is 1.14 bits per heavy atom. The molecule has 22 heavy (non-hydrogen) atoms. The maximum absolute atomic E-state index is 4.67. The van der Waals surface area contributed by atoms with E-state index in [-0.39, 0.29) is 0 Å². The molecule has 0 saturated heterocycles. The predicted molar refractivity (Wildman–Crippen MR) is 90.5 cm³/mol. The second kappa shape index (κ2) is 5.47. The fourth-order valence-electron chi connectivity index (χ4n) is 2.21. The number of aromatic nitrogens is 4. The first kappa shape index (κ1) is 13.4. The van der Waals surface area contributed by atoms with Crippen LogP contribution in [-0.4, -0.2) is 19.7 Å². The SMILES string of the molecule is Cc1nc(-c2cccnc2)sc1-n1ccc(-c2cccs2)n1. The molecule has 0 N–H and O–H groups in total. The lowest BCUT2D eigenvalue weighted by Gasteiger charge is -1.97. The molecular formula is C16H12N4S2. The van der Waals surface area contributed by atoms with Crippen LogP contribution in [0.3, 0.4) is 0 Å². The molecule has 0 unspecified atom stereocenters. The van der Waals surface area contributed by atoms with Gasteiger partial charge in [-0.2, -0.15) is 5.10 Å². The smallest absolute Gasteiger partial charge is 0.140 e. The number of hydrogen-bond donors (Lipinski definition) is 0. The zero-order valence-electron chi connectivity index (χ0n) is 11.8. The first-order chi connectivity index (χ1) is 10.8. The lowest BCUT2D eigenvalue weighted by atomic mass is 10.3. The summed E-state index contributed by atoms with van der Waals surface area (Å²) in [5.74, 6) is 0. The summed E-state index contributed by atoms with van der Waals surface area (Å²) >= 11 is 3.32. The lowest BCUT2D eigenvalue weighted by Crippen LogP contribution is -1.93. The Morgan fingerprint density at radius 3 is 2.86 bits per heavy atom. The first-order valence-corrected chi connectivity index (χ1v) is 8.48. The Hall–Kier alpha value is -2.31. The third-order valence-electron chi connectivity index (χ3n) is 3.25. The van der Waals surface area contributed by atoms with Gasteiger partial charge in [-0.3, -0.25) is 4.98 Å². The van der Waals surface area contributed by atoms with Crippen molar-refractivity contribution in [2.24, 2.45) is 0 Å². The molecule has 0 radical (unpaired) electrons. The minimum absolute atomic E-state index is 0.966. The van der Waals surface area contributed by atoms with Gasteiger partial charge in [0, 0.05) is 24.2 Å². The van der Waals surface area contributed by atoms with E-state index in [0.29, 0.717) is 0 Å². The molecule has 0 aromatic carbocycles. The standard InChI is InChI=1S/C16H12N4S2/c1-11-16(22-15(18-11)12-4-2-7-17-10-12)20-8-6-13(19-20)14-5-3-9-21-14/h2-10H,1H3. The summed E-state index contributed by atoms with van der Waals surface area (Å²) < 4.78 is 1.90. The monoisotopic (exact) mass is 324 g/mol. The number of rotatable bonds is 3. The number of hydrogen-bond acceptors (Lipinski definition) is 5. The molecule has 0 atom stereocenters. The average Bonchev–Trinajstić information content (AvgIpc) is 3.28. The Balaban J connectivity index is 1.73. The maximum atomic E-state index is 4.67. The van der Waals surface area contributed by atoms with Gasteiger partial charge in [0.05, 0.1) is 10.6 Å². The predicted octanol–water partition coefficient (Wildman–Crippen LogP) is 4.43. The normalized spacial score (nSPS) is 11.0. The van der Waals surface area contributed by atoms with Crippen molar-refractivity contribution in [2.75, 3.05) is 0 Å². The van der Waals surface area contributed by atoms with Crippen LogP contribution in [0.15, 0.2) is 54.3 Å². The zero-order chi connectivity index (χ0) is 14.9. The van der Waals surface area contributed by atoms with Gasteiger partial charge in [-0.1, -0.05) is 17.4 Å². The molecule has 0 aliphatic heterocycles. The van der Waals surface area contributed by atoms with Crippen LogP contribution in [0.2, 0.25) is 0 Å². The molecule has 0 saturated carbocycles. The molecule has 6 heteroatoms. The van der Waals surface area contributed by atoms with E-state index in [1.807, 2.05) is 48.3 Å². The van der Waals surface area contributed by atoms with Crippen molar-refractivity contribution in [3.05, 3.63) is 60.0 Å². The van der Waals surface area contributed by atoms with Gasteiger partial charge in [0.2, 0.25) is 0 Å². The molecule has 108 valence electrons. The van der Waals surface area contributed by atoms with Crippen molar-refractivity contribution in [1.29, 1.82) is 0 Å². The summed E-state index contributed by atoms with van der Waals surface area (Å²) in [7, 11) is 0. The van der Waals surface area contributed by atoms with E-state index in [4.69, 9.17) is 0 Å². The molecule has 4 aromatic heterocycles. The summed E-state index contributed by atoms with van der Waals surface area (Å²) in [6.45, 7) is 2.01. The van der Waals surface area contributed by atoms with Crippen LogP contribution in [0.25, 0.3) is 26.1 Å². The van der Waals surface area contributed by atoms with Gasteiger partial charge >= 0.3 is 0 Å². The molecule has 4 nitrogen and oxygen atoms in total. The van der Waals surface area contributed by atoms with Crippen LogP contribution in [0, 0.1) is 6.92 Å². The maximum Gasteiger partial charge on any atom is 0.140 e. The van der Waals surface area contributed by atoms with Crippen LogP contribution in [-0.2, 0) is 0 Å². The number of pyridine rings is 1. The third kappa shape index (κ3) is 2.36. The molecule has 0 spiro atoms. The van der Waals surface area contributed by atoms with Crippen molar-refractivity contribution in [1.82, 2.24) is 19.7 Å². The van der Waals surface area contributed by atoms with Crippen molar-refractivity contribution < 1.29 is 0 Å². The second-order valence-electron chi connectivity index (χ2n) is 4.77. The summed E-state index contributed by atoms with van der Waals surface area (Å²) in [6.07, 6.45) is 5.59. The highest BCUT2D eigenvalue weighted by atomic mass is 32.1. The van der Waals surface area contributed by atoms with Crippen molar-refractivity contribution >= 4 is 22.7 Å². The topological polar surface area (TPSA) is 43.6 Å². The molecule has 0 aliphatic carbocycles. The Labute approximate surface area is 135 Å². The average molecular weight is 324 g/mol. The lowest BCUT2D eigenvalue weighted by molar-refractivity contribution is 0.889. The molecular weight excluding hydrogens is 312 g/mol. The fraction of sp³-hybridized carbons (Fsp3) is 0.0625. The summed E-state index contributed by atoms with van der Waals surface area (Å²) in [5.41, 5.74) is 3.00. The van der Waals surface area contributed by atoms with Gasteiger partial charge < -0.3 is 0 Å². The van der Waals surface area contributed by atoms with Gasteiger partial charge in [0.1, 0.15) is 15.7 Å². The third-order valence-corrected chi connectivity index (χ3v) is 5.34. The highest BCUT2D eigenvalue weighted by Crippen LogP contribution is 2.31. The van der Waals surface area contributed by atoms with Gasteiger partial charge in [0.25, 0.3) is 0 Å². The van der Waals surface area contributed by atoms with Gasteiger partial charge in [-0.15, -0.1) is 11.3 Å². The van der Waals surface area contributed by atoms with Crippen molar-refractivity contribution in [3.8, 4) is 26.1 Å². The van der Waals surface area contributed by atoms with Crippen LogP contribution in [0.5, 0.6) is 0 Å². The highest BCUT2D eigenvalue weighted by molar-refractivity contribution is 7.17. The highest BCUT2D eigenvalue weighted by Gasteiger charge is 2.13. The summed E-state index contributed by atoms with van der Waals surface area (Å²) in [5, 5.41) is 8.74. The van der Waals surface area contributed by atoms with E-state index in [9.17, 15) is 0 Å². The van der Waals surface area contributed by atoms with Crippen molar-refractivity contribution in [2.45, 2.75) is 6.92 Å². The Bertz CT molecular complexity index is 892. The minimum Gasteiger partial charge on any atom is -0.264 e. The Kier molecular flexibility index (Phi) is 3.32. The largest absolute Gasteiger partial charge is 0.264 e. The van der Waals surface area contributed by atoms with Gasteiger partial charge in [-0.05, 0) is 36.6 Å². The van der Waals surface area contributed by atoms with E-state index in [1.54, 1.807) is 28.9 Å². The fourth-order valence-corrected chi connectivity index (χ4v) is 3.89. The van der Waals surface area contributed by atoms with E-state index in [1.165, 1.54) is 4.88 Å².